The fourth-order valence-electron chi connectivity index (χ4n) is 1.56. The second-order valence-electron chi connectivity index (χ2n) is 4.14. The number of nitrogens with two attached hydrogens (primary N) is 1. The Balaban J connectivity index is 2.73. The molecule has 0 aromatic heterocycles. The number of ether oxygens (including phenoxy) is 1. The van der Waals surface area contributed by atoms with Crippen LogP contribution in [0.3, 0.4) is 0 Å². The van der Waals surface area contributed by atoms with Crippen molar-refractivity contribution < 1.29 is 24.2 Å². The smallest absolute Gasteiger partial charge is 0.408 e. The van der Waals surface area contributed by atoms with Crippen LogP contribution in [-0.4, -0.2) is 35.6 Å². The first-order valence-corrected chi connectivity index (χ1v) is 6.10. The number of nitrogen functional groups attached to an aromatic ring is 1. The van der Waals surface area contributed by atoms with Crippen molar-refractivity contribution in [1.29, 1.82) is 0 Å². The lowest BCUT2D eigenvalue weighted by Gasteiger charge is -2.14. The van der Waals surface area contributed by atoms with Gasteiger partial charge in [0, 0.05) is 17.7 Å². The number of carbonyl (C=O) groups is 3. The summed E-state index contributed by atoms with van der Waals surface area (Å²) in [5.41, 5.74) is 6.11. The van der Waals surface area contributed by atoms with E-state index in [2.05, 4.69) is 16.6 Å². The van der Waals surface area contributed by atoms with Crippen LogP contribution < -0.4 is 11.1 Å². The fourth-order valence-corrected chi connectivity index (χ4v) is 1.56. The molecule has 1 atom stereocenters. The molecule has 21 heavy (non-hydrogen) atoms. The van der Waals surface area contributed by atoms with E-state index in [1.165, 1.54) is 18.2 Å². The molecule has 0 heterocycles. The van der Waals surface area contributed by atoms with Crippen molar-refractivity contribution in [2.75, 3.05) is 12.3 Å². The van der Waals surface area contributed by atoms with Crippen LogP contribution in [-0.2, 0) is 9.53 Å². The number of nitrogens with one attached hydrogen (secondary N) is 1. The van der Waals surface area contributed by atoms with Crippen LogP contribution in [0.1, 0.15) is 16.8 Å². The largest absolute Gasteiger partial charge is 0.480 e. The molecule has 0 spiro atoms. The monoisotopic (exact) mass is 292 g/mol. The van der Waals surface area contributed by atoms with Crippen LogP contribution in [0, 0.1) is 0 Å². The molecule has 0 saturated heterocycles. The summed E-state index contributed by atoms with van der Waals surface area (Å²) in [5.74, 6) is -1.82. The number of carboxylic acids is 1. The predicted octanol–water partition coefficient (Wildman–Crippen LogP) is 1.21. The van der Waals surface area contributed by atoms with Crippen molar-refractivity contribution >= 4 is 23.5 Å². The normalized spacial score (nSPS) is 11.2. The van der Waals surface area contributed by atoms with E-state index in [-0.39, 0.29) is 17.9 Å². The Morgan fingerprint density at radius 2 is 2.05 bits per heavy atom. The van der Waals surface area contributed by atoms with E-state index in [1.807, 2.05) is 0 Å². The van der Waals surface area contributed by atoms with E-state index < -0.39 is 30.3 Å². The first-order chi connectivity index (χ1) is 9.95. The van der Waals surface area contributed by atoms with Gasteiger partial charge in [-0.25, -0.2) is 9.59 Å². The highest BCUT2D eigenvalue weighted by Gasteiger charge is 2.25. The van der Waals surface area contributed by atoms with Crippen molar-refractivity contribution in [2.45, 2.75) is 12.5 Å². The van der Waals surface area contributed by atoms with Gasteiger partial charge in [-0.2, -0.15) is 0 Å². The maximum Gasteiger partial charge on any atom is 0.408 e. The Hall–Kier alpha value is -2.83. The zero-order valence-corrected chi connectivity index (χ0v) is 11.2. The van der Waals surface area contributed by atoms with Crippen LogP contribution in [0.4, 0.5) is 10.5 Å². The molecule has 0 aliphatic heterocycles. The Morgan fingerprint density at radius 1 is 1.38 bits per heavy atom. The van der Waals surface area contributed by atoms with E-state index in [4.69, 9.17) is 10.8 Å². The number of aliphatic carboxylic acids is 1. The topological polar surface area (TPSA) is 119 Å². The maximum absolute atomic E-state index is 12.0. The Morgan fingerprint density at radius 3 is 2.62 bits per heavy atom. The summed E-state index contributed by atoms with van der Waals surface area (Å²) in [4.78, 5) is 34.4. The number of anilines is 1. The van der Waals surface area contributed by atoms with Crippen molar-refractivity contribution in [3.8, 4) is 0 Å². The van der Waals surface area contributed by atoms with E-state index in [0.29, 0.717) is 0 Å². The molecular formula is C14H16N2O5. The molecule has 112 valence electrons. The van der Waals surface area contributed by atoms with Gasteiger partial charge in [0.15, 0.2) is 5.78 Å². The van der Waals surface area contributed by atoms with Crippen LogP contribution >= 0.6 is 0 Å². The van der Waals surface area contributed by atoms with Crippen LogP contribution in [0.5, 0.6) is 0 Å². The molecule has 4 N–H and O–H groups in total. The molecule has 1 unspecified atom stereocenters. The number of alkyl carbamates (subject to hydrolysis) is 1. The minimum Gasteiger partial charge on any atom is -0.480 e. The number of amides is 1. The van der Waals surface area contributed by atoms with Crippen LogP contribution in [0.15, 0.2) is 36.9 Å². The fraction of sp³-hybridized carbons (Fsp3) is 0.214. The summed E-state index contributed by atoms with van der Waals surface area (Å²) in [6.45, 7) is 3.30. The number of rotatable bonds is 7. The number of carboxylic acid groups (broad SMARTS) is 1. The van der Waals surface area contributed by atoms with Crippen LogP contribution in [0.2, 0.25) is 0 Å². The van der Waals surface area contributed by atoms with Crippen LogP contribution in [0.25, 0.3) is 0 Å². The number of carbonyl (C=O) groups excluding carboxylic acids is 2. The first kappa shape index (κ1) is 16.2. The third-order valence-electron chi connectivity index (χ3n) is 2.57. The lowest BCUT2D eigenvalue weighted by molar-refractivity contribution is -0.139. The summed E-state index contributed by atoms with van der Waals surface area (Å²) >= 11 is 0. The molecule has 1 aromatic rings. The van der Waals surface area contributed by atoms with Gasteiger partial charge in [0.05, 0.1) is 0 Å². The summed E-state index contributed by atoms with van der Waals surface area (Å²) < 4.78 is 4.62. The van der Waals surface area contributed by atoms with Gasteiger partial charge in [-0.05, 0) is 12.1 Å². The van der Waals surface area contributed by atoms with Crippen molar-refractivity contribution in [3.05, 3.63) is 42.5 Å². The quantitative estimate of drug-likeness (QED) is 0.395. The third kappa shape index (κ3) is 4.98. The molecule has 0 radical (unpaired) electrons. The Labute approximate surface area is 121 Å². The van der Waals surface area contributed by atoms with Gasteiger partial charge >= 0.3 is 12.1 Å². The summed E-state index contributed by atoms with van der Waals surface area (Å²) in [5, 5.41) is 11.1. The molecule has 1 rings (SSSR count). The van der Waals surface area contributed by atoms with E-state index >= 15 is 0 Å². The van der Waals surface area contributed by atoms with Crippen molar-refractivity contribution in [2.24, 2.45) is 0 Å². The second kappa shape index (κ2) is 7.68. The van der Waals surface area contributed by atoms with Gasteiger partial charge in [0.25, 0.3) is 0 Å². The average molecular weight is 292 g/mol. The molecule has 7 nitrogen and oxygen atoms in total. The number of hydrogen-bond donors (Lipinski definition) is 3. The minimum atomic E-state index is -1.39. The molecule has 0 aliphatic carbocycles. The standard InChI is InChI=1S/C14H16N2O5/c1-2-7-21-14(20)16-11(13(18)19)8-12(17)9-5-3-4-6-10(9)15/h2-6,11H,1,7-8,15H2,(H,16,20)(H,18,19). The lowest BCUT2D eigenvalue weighted by Crippen LogP contribution is -2.42. The molecular weight excluding hydrogens is 276 g/mol. The van der Waals surface area contributed by atoms with Gasteiger partial charge < -0.3 is 20.9 Å². The van der Waals surface area contributed by atoms with Gasteiger partial charge in [-0.15, -0.1) is 0 Å². The van der Waals surface area contributed by atoms with Crippen molar-refractivity contribution in [3.63, 3.8) is 0 Å². The number of ketones is 1. The summed E-state index contributed by atoms with van der Waals surface area (Å²) in [6, 6.07) is 4.91. The minimum absolute atomic E-state index is 0.0578. The van der Waals surface area contributed by atoms with Gasteiger partial charge in [0.2, 0.25) is 0 Å². The van der Waals surface area contributed by atoms with Gasteiger partial charge in [-0.3, -0.25) is 4.79 Å². The molecule has 0 bridgehead atoms. The average Bonchev–Trinajstić information content (AvgIpc) is 2.44. The first-order valence-electron chi connectivity index (χ1n) is 6.10. The molecule has 0 aliphatic rings. The number of benzene rings is 1. The zero-order valence-electron chi connectivity index (χ0n) is 11.2. The Bertz CT molecular complexity index is 556. The molecule has 1 aromatic carbocycles. The number of para-hydroxylation sites is 1. The predicted molar refractivity (Wildman–Crippen MR) is 75.9 cm³/mol. The van der Waals surface area contributed by atoms with E-state index in [0.717, 1.165) is 0 Å². The molecule has 7 heteroatoms. The zero-order chi connectivity index (χ0) is 15.8. The molecule has 0 fully saturated rings. The highest BCUT2D eigenvalue weighted by Crippen LogP contribution is 2.14. The summed E-state index contributed by atoms with van der Waals surface area (Å²) in [7, 11) is 0. The number of Topliss-reactive ketones (excluding diaryl/α,β-unsaturated/α-hetero) is 1. The lowest BCUT2D eigenvalue weighted by atomic mass is 10.0. The highest BCUT2D eigenvalue weighted by atomic mass is 16.5. The Kier molecular flexibility index (Phi) is 5.94. The highest BCUT2D eigenvalue weighted by molar-refractivity contribution is 6.03. The molecule has 0 saturated carbocycles. The van der Waals surface area contributed by atoms with E-state index in [1.54, 1.807) is 12.1 Å². The van der Waals surface area contributed by atoms with Gasteiger partial charge in [0.1, 0.15) is 12.6 Å². The molecule has 1 amide bonds. The SMILES string of the molecule is C=CCOC(=O)NC(CC(=O)c1ccccc1N)C(=O)O. The second-order valence-corrected chi connectivity index (χ2v) is 4.14. The number of hydrogen-bond acceptors (Lipinski definition) is 5. The maximum atomic E-state index is 12.0. The van der Waals surface area contributed by atoms with E-state index in [9.17, 15) is 14.4 Å². The van der Waals surface area contributed by atoms with Gasteiger partial charge in [-0.1, -0.05) is 24.8 Å². The third-order valence-corrected chi connectivity index (χ3v) is 2.57. The van der Waals surface area contributed by atoms with Crippen molar-refractivity contribution in [1.82, 2.24) is 5.32 Å². The summed E-state index contributed by atoms with van der Waals surface area (Å²) in [6.07, 6.45) is -0.0195.